The predicted octanol–water partition coefficient (Wildman–Crippen LogP) is 1.03. The molecule has 0 aromatic rings. The summed E-state index contributed by atoms with van der Waals surface area (Å²) in [6.07, 6.45) is 0.430. The van der Waals surface area contributed by atoms with Crippen LogP contribution in [0.4, 0.5) is 0 Å². The fourth-order valence-electron chi connectivity index (χ4n) is 0.649. The van der Waals surface area contributed by atoms with Crippen LogP contribution in [-0.4, -0.2) is 27.8 Å². The molecule has 1 atom stereocenters. The van der Waals surface area contributed by atoms with Crippen LogP contribution in [0, 0.1) is 0 Å². The van der Waals surface area contributed by atoms with Gasteiger partial charge in [0.2, 0.25) is 9.04 Å². The molecule has 0 bridgehead atoms. The zero-order valence-corrected chi connectivity index (χ0v) is 9.08. The molecule has 0 spiro atoms. The standard InChI is InChI=1S/C8H16O3Si/c1-5-11-12(4)6-10-8(9)7(2)3/h12H,2,5-6H2,1,3-4H3. The molecular formula is C8H16O3Si. The highest BCUT2D eigenvalue weighted by Crippen LogP contribution is 1.94. The van der Waals surface area contributed by atoms with E-state index in [9.17, 15) is 4.79 Å². The van der Waals surface area contributed by atoms with Crippen molar-refractivity contribution in [3.63, 3.8) is 0 Å². The third-order valence-corrected chi connectivity index (χ3v) is 2.79. The molecule has 12 heavy (non-hydrogen) atoms. The topological polar surface area (TPSA) is 35.5 Å². The average molecular weight is 188 g/mol. The molecule has 0 aromatic carbocycles. The zero-order valence-electron chi connectivity index (χ0n) is 7.92. The zero-order chi connectivity index (χ0) is 9.56. The van der Waals surface area contributed by atoms with Crippen LogP contribution in [0.1, 0.15) is 13.8 Å². The fraction of sp³-hybridized carbons (Fsp3) is 0.625. The number of carbonyl (C=O) groups is 1. The lowest BCUT2D eigenvalue weighted by Crippen LogP contribution is -2.23. The van der Waals surface area contributed by atoms with E-state index >= 15 is 0 Å². The molecule has 0 rings (SSSR count). The van der Waals surface area contributed by atoms with Crippen molar-refractivity contribution in [3.05, 3.63) is 12.2 Å². The van der Waals surface area contributed by atoms with Crippen LogP contribution in [0.25, 0.3) is 0 Å². The molecule has 0 fully saturated rings. The van der Waals surface area contributed by atoms with E-state index in [1.54, 1.807) is 6.92 Å². The van der Waals surface area contributed by atoms with Crippen LogP contribution in [0.5, 0.6) is 0 Å². The van der Waals surface area contributed by atoms with Gasteiger partial charge in [-0.05, 0) is 20.4 Å². The van der Waals surface area contributed by atoms with Crippen LogP contribution in [-0.2, 0) is 14.0 Å². The molecule has 0 aliphatic carbocycles. The van der Waals surface area contributed by atoms with Crippen molar-refractivity contribution in [1.82, 2.24) is 0 Å². The lowest BCUT2D eigenvalue weighted by Gasteiger charge is -2.09. The molecule has 0 N–H and O–H groups in total. The summed E-state index contributed by atoms with van der Waals surface area (Å²) in [7, 11) is -1.28. The van der Waals surface area contributed by atoms with E-state index < -0.39 is 9.04 Å². The predicted molar refractivity (Wildman–Crippen MR) is 50.4 cm³/mol. The van der Waals surface area contributed by atoms with Crippen LogP contribution in [0.2, 0.25) is 6.55 Å². The monoisotopic (exact) mass is 188 g/mol. The summed E-state index contributed by atoms with van der Waals surface area (Å²) in [5.74, 6) is -0.325. The van der Waals surface area contributed by atoms with Crippen LogP contribution >= 0.6 is 0 Å². The van der Waals surface area contributed by atoms with Crippen molar-refractivity contribution < 1.29 is 14.0 Å². The largest absolute Gasteiger partial charge is 0.463 e. The molecular weight excluding hydrogens is 172 g/mol. The minimum Gasteiger partial charge on any atom is -0.463 e. The first-order chi connectivity index (χ1) is 5.57. The minimum atomic E-state index is -1.28. The van der Waals surface area contributed by atoms with E-state index in [0.29, 0.717) is 18.4 Å². The molecule has 1 unspecified atom stereocenters. The summed E-state index contributed by atoms with van der Waals surface area (Å²) >= 11 is 0. The van der Waals surface area contributed by atoms with E-state index in [0.717, 1.165) is 0 Å². The summed E-state index contributed by atoms with van der Waals surface area (Å²) in [4.78, 5) is 10.9. The Morgan fingerprint density at radius 1 is 1.58 bits per heavy atom. The lowest BCUT2D eigenvalue weighted by atomic mass is 10.4. The van der Waals surface area contributed by atoms with Crippen LogP contribution in [0.15, 0.2) is 12.2 Å². The summed E-state index contributed by atoms with van der Waals surface area (Å²) < 4.78 is 10.2. The Bertz CT molecular complexity index is 168. The van der Waals surface area contributed by atoms with Crippen molar-refractivity contribution >= 4 is 15.0 Å². The minimum absolute atomic E-state index is 0.325. The number of carbonyl (C=O) groups excluding carboxylic acids is 1. The van der Waals surface area contributed by atoms with Gasteiger partial charge in [-0.2, -0.15) is 0 Å². The van der Waals surface area contributed by atoms with Gasteiger partial charge >= 0.3 is 5.97 Å². The molecule has 0 amide bonds. The molecule has 0 aromatic heterocycles. The number of hydrogen-bond acceptors (Lipinski definition) is 3. The second-order valence-electron chi connectivity index (χ2n) is 2.64. The summed E-state index contributed by atoms with van der Waals surface area (Å²) in [6.45, 7) is 9.74. The fourth-order valence-corrected chi connectivity index (χ4v) is 1.70. The lowest BCUT2D eigenvalue weighted by molar-refractivity contribution is -0.137. The normalized spacial score (nSPS) is 12.2. The van der Waals surface area contributed by atoms with E-state index in [2.05, 4.69) is 6.58 Å². The molecule has 3 nitrogen and oxygen atoms in total. The SMILES string of the molecule is C=C(C)C(=O)OC[SiH](C)OCC. The third kappa shape index (κ3) is 5.09. The molecule has 0 saturated heterocycles. The van der Waals surface area contributed by atoms with E-state index in [1.165, 1.54) is 0 Å². The highest BCUT2D eigenvalue weighted by atomic mass is 28.3. The molecule has 0 saturated carbocycles. The maximum absolute atomic E-state index is 10.9. The first-order valence-electron chi connectivity index (χ1n) is 4.02. The molecule has 0 aliphatic heterocycles. The molecule has 70 valence electrons. The Morgan fingerprint density at radius 2 is 2.17 bits per heavy atom. The van der Waals surface area contributed by atoms with Gasteiger partial charge in [0.25, 0.3) is 0 Å². The molecule has 0 aliphatic rings. The first-order valence-corrected chi connectivity index (χ1v) is 6.46. The van der Waals surface area contributed by atoms with Crippen LogP contribution in [0.3, 0.4) is 0 Å². The first kappa shape index (κ1) is 11.4. The number of rotatable bonds is 5. The Morgan fingerprint density at radius 3 is 2.58 bits per heavy atom. The highest BCUT2D eigenvalue weighted by molar-refractivity contribution is 6.50. The summed E-state index contributed by atoms with van der Waals surface area (Å²) in [5.41, 5.74) is 0.438. The number of ether oxygens (including phenoxy) is 1. The Labute approximate surface area is 75.1 Å². The maximum atomic E-state index is 10.9. The third-order valence-electron chi connectivity index (χ3n) is 1.25. The van der Waals surface area contributed by atoms with Crippen molar-refractivity contribution in [2.75, 3.05) is 12.8 Å². The van der Waals surface area contributed by atoms with Gasteiger partial charge in [0.05, 0.1) is 0 Å². The second kappa shape index (κ2) is 5.96. The Hall–Kier alpha value is -0.613. The molecule has 0 heterocycles. The van der Waals surface area contributed by atoms with Crippen molar-refractivity contribution in [2.45, 2.75) is 20.4 Å². The van der Waals surface area contributed by atoms with Gasteiger partial charge in [-0.3, -0.25) is 0 Å². The van der Waals surface area contributed by atoms with E-state index in [-0.39, 0.29) is 5.97 Å². The average Bonchev–Trinajstić information content (AvgIpc) is 2.00. The van der Waals surface area contributed by atoms with Crippen molar-refractivity contribution in [1.29, 1.82) is 0 Å². The van der Waals surface area contributed by atoms with E-state index in [1.807, 2.05) is 13.5 Å². The summed E-state index contributed by atoms with van der Waals surface area (Å²) in [6, 6.07) is 0. The van der Waals surface area contributed by atoms with Crippen LogP contribution < -0.4 is 0 Å². The highest BCUT2D eigenvalue weighted by Gasteiger charge is 2.08. The van der Waals surface area contributed by atoms with Crippen molar-refractivity contribution in [3.8, 4) is 0 Å². The van der Waals surface area contributed by atoms with Gasteiger partial charge < -0.3 is 9.16 Å². The molecule has 0 radical (unpaired) electrons. The van der Waals surface area contributed by atoms with Gasteiger partial charge in [-0.25, -0.2) is 4.79 Å². The van der Waals surface area contributed by atoms with E-state index in [4.69, 9.17) is 9.16 Å². The summed E-state index contributed by atoms with van der Waals surface area (Å²) in [5, 5.41) is 0. The maximum Gasteiger partial charge on any atom is 0.332 e. The number of hydrogen-bond donors (Lipinski definition) is 0. The van der Waals surface area contributed by atoms with Gasteiger partial charge in [-0.15, -0.1) is 0 Å². The van der Waals surface area contributed by atoms with Gasteiger partial charge in [0.1, 0.15) is 6.23 Å². The Kier molecular flexibility index (Phi) is 5.66. The van der Waals surface area contributed by atoms with Gasteiger partial charge in [0, 0.05) is 12.2 Å². The molecule has 4 heteroatoms. The van der Waals surface area contributed by atoms with Gasteiger partial charge in [0.15, 0.2) is 0 Å². The Balaban J connectivity index is 3.54. The number of esters is 1. The smallest absolute Gasteiger partial charge is 0.332 e. The quantitative estimate of drug-likeness (QED) is 0.367. The second-order valence-corrected chi connectivity index (χ2v) is 4.93. The van der Waals surface area contributed by atoms with Gasteiger partial charge in [-0.1, -0.05) is 6.58 Å². The van der Waals surface area contributed by atoms with Crippen molar-refractivity contribution in [2.24, 2.45) is 0 Å².